The van der Waals surface area contributed by atoms with Gasteiger partial charge >= 0.3 is 51.4 Å². The molecule has 6 heteroatoms. The minimum absolute atomic E-state index is 0. The van der Waals surface area contributed by atoms with Gasteiger partial charge in [0.15, 0.2) is 0 Å². The first-order valence-corrected chi connectivity index (χ1v) is 5.23. The van der Waals surface area contributed by atoms with Gasteiger partial charge in [-0.2, -0.15) is 0 Å². The van der Waals surface area contributed by atoms with Crippen LogP contribution in [-0.2, 0) is 11.8 Å². The van der Waals surface area contributed by atoms with E-state index >= 15 is 0 Å². The largest absolute Gasteiger partial charge is 1.00 e. The van der Waals surface area contributed by atoms with Crippen LogP contribution in [0.3, 0.4) is 0 Å². The first kappa shape index (κ1) is 11.6. The maximum atomic E-state index is 9.56. The maximum absolute atomic E-state index is 9.56. The minimum Gasteiger partial charge on any atom is -0.798 e. The first-order chi connectivity index (χ1) is 2.00. The normalized spacial score (nSPS) is 9.83. The summed E-state index contributed by atoms with van der Waals surface area (Å²) in [6, 6.07) is 0. The van der Waals surface area contributed by atoms with Crippen molar-refractivity contribution in [1.29, 1.82) is 0 Å². The van der Waals surface area contributed by atoms with Crippen LogP contribution in [0.15, 0.2) is 0 Å². The van der Waals surface area contributed by atoms with Gasteiger partial charge in [0.25, 0.3) is 0 Å². The van der Waals surface area contributed by atoms with E-state index in [-0.39, 0.29) is 51.4 Å². The molecule has 0 amide bonds. The first-order valence-electron chi connectivity index (χ1n) is 0.703. The summed E-state index contributed by atoms with van der Waals surface area (Å²) in [5.41, 5.74) is 0. The average Bonchev–Trinajstić information content (AvgIpc) is 0.722. The Morgan fingerprint density at radius 1 is 1.50 bits per heavy atom. The van der Waals surface area contributed by atoms with Gasteiger partial charge in [-0.05, 0) is 0 Å². The third-order valence-corrected chi connectivity index (χ3v) is 0. The van der Waals surface area contributed by atoms with Crippen LogP contribution in [0.2, 0.25) is 0 Å². The molecule has 0 atom stereocenters. The van der Waals surface area contributed by atoms with Gasteiger partial charge in [-0.3, -0.25) is 0 Å². The molecule has 0 aromatic heterocycles. The molecular weight excluding hydrogens is 189 g/mol. The van der Waals surface area contributed by atoms with Crippen LogP contribution < -0.4 is 56.3 Å². The second kappa shape index (κ2) is 4.68. The van der Waals surface area contributed by atoms with Crippen LogP contribution >= 0.6 is 27.5 Å². The fourth-order valence-electron chi connectivity index (χ4n) is 0. The summed E-state index contributed by atoms with van der Waals surface area (Å²) in [6.07, 6.45) is 0. The molecule has 0 rings (SSSR count). The predicted molar refractivity (Wildman–Crippen MR) is 26.0 cm³/mol. The molecule has 0 aliphatic carbocycles. The summed E-state index contributed by atoms with van der Waals surface area (Å²) in [7, 11) is 0. The van der Waals surface area contributed by atoms with E-state index in [9.17, 15) is 4.89 Å². The molecule has 0 aliphatic rings. The topological polar surface area (TPSA) is 23.1 Å². The van der Waals surface area contributed by atoms with Crippen molar-refractivity contribution >= 4 is 39.3 Å². The van der Waals surface area contributed by atoms with Crippen molar-refractivity contribution in [2.24, 2.45) is 0 Å². The molecule has 0 aromatic rings. The van der Waals surface area contributed by atoms with Crippen LogP contribution in [0, 0.1) is 0 Å². The average molecular weight is 189 g/mol. The van der Waals surface area contributed by atoms with E-state index < -0.39 is 4.97 Å². The second-order valence-corrected chi connectivity index (χ2v) is 7.36. The number of rotatable bonds is 0. The van der Waals surface area contributed by atoms with Gasteiger partial charge in [-0.1, -0.05) is 34.3 Å². The third kappa shape index (κ3) is 29.0. The fourth-order valence-corrected chi connectivity index (χ4v) is 0. The van der Waals surface area contributed by atoms with E-state index in [2.05, 4.69) is 34.3 Å². The van der Waals surface area contributed by atoms with E-state index in [1.54, 1.807) is 0 Å². The van der Waals surface area contributed by atoms with Gasteiger partial charge in [0.1, 0.15) is 0 Å². The third-order valence-electron chi connectivity index (χ3n) is 0. The molecule has 1 nitrogen and oxygen atoms in total. The quantitative estimate of drug-likeness (QED) is 0.326. The monoisotopic (exact) mass is 188 g/mol. The smallest absolute Gasteiger partial charge is 0.798 e. The molecular formula is Cl2KOPS. The molecule has 0 saturated heterocycles. The van der Waals surface area contributed by atoms with Crippen LogP contribution in [-0.4, -0.2) is 0 Å². The Kier molecular flexibility index (Phi) is 9.05. The van der Waals surface area contributed by atoms with Crippen molar-refractivity contribution in [3.8, 4) is 0 Å². The Labute approximate surface area is 93.5 Å². The zero-order valence-electron chi connectivity index (χ0n) is 3.02. The zero-order chi connectivity index (χ0) is 4.50. The number of hydrogen-bond donors (Lipinski definition) is 0. The summed E-state index contributed by atoms with van der Waals surface area (Å²) in [6.45, 7) is 0. The Hall–Kier alpha value is 2.83. The summed E-state index contributed by atoms with van der Waals surface area (Å²) >= 11 is 13.2. The van der Waals surface area contributed by atoms with Gasteiger partial charge in [-0.15, -0.1) is 0 Å². The Morgan fingerprint density at radius 3 is 1.50 bits per heavy atom. The standard InChI is InChI=1S/Cl2HOPS.K/c1-4(2,3)5;/h(H,3,5);/q;+1/p-1. The Bertz CT molecular complexity index is 59.7. The van der Waals surface area contributed by atoms with Crippen molar-refractivity contribution in [1.82, 2.24) is 0 Å². The number of halogens is 2. The van der Waals surface area contributed by atoms with Crippen molar-refractivity contribution in [2.45, 2.75) is 0 Å². The maximum Gasteiger partial charge on any atom is 1.00 e. The second-order valence-electron chi connectivity index (χ2n) is 0.414. The summed E-state index contributed by atoms with van der Waals surface area (Å²) < 4.78 is 0. The van der Waals surface area contributed by atoms with Crippen molar-refractivity contribution in [3.05, 3.63) is 0 Å². The van der Waals surface area contributed by atoms with Gasteiger partial charge in [-0.25, -0.2) is 0 Å². The molecule has 0 fully saturated rings. The van der Waals surface area contributed by atoms with Crippen LogP contribution in [0.4, 0.5) is 0 Å². The van der Waals surface area contributed by atoms with Crippen LogP contribution in [0.5, 0.6) is 0 Å². The molecule has 0 heterocycles. The summed E-state index contributed by atoms with van der Waals surface area (Å²) in [5.74, 6) is 0. The molecule has 0 aliphatic heterocycles. The van der Waals surface area contributed by atoms with Crippen molar-refractivity contribution in [3.63, 3.8) is 0 Å². The summed E-state index contributed by atoms with van der Waals surface area (Å²) in [5, 5.41) is 0. The fraction of sp³-hybridized carbons (Fsp3) is 0. The van der Waals surface area contributed by atoms with Gasteiger partial charge in [0, 0.05) is 4.97 Å². The van der Waals surface area contributed by atoms with Crippen LogP contribution in [0.25, 0.3) is 0 Å². The molecule has 0 spiro atoms. The zero-order valence-corrected chi connectivity index (χ0v) is 9.37. The van der Waals surface area contributed by atoms with E-state index in [4.69, 9.17) is 0 Å². The molecule has 0 radical (unpaired) electrons. The molecule has 6 heavy (non-hydrogen) atoms. The van der Waals surface area contributed by atoms with Gasteiger partial charge in [0.05, 0.1) is 0 Å². The molecule has 0 aromatic carbocycles. The van der Waals surface area contributed by atoms with Gasteiger partial charge in [0.2, 0.25) is 0 Å². The van der Waals surface area contributed by atoms with Crippen molar-refractivity contribution < 1.29 is 56.3 Å². The molecule has 0 unspecified atom stereocenters. The Morgan fingerprint density at radius 2 is 1.50 bits per heavy atom. The predicted octanol–water partition coefficient (Wildman–Crippen LogP) is -1.95. The van der Waals surface area contributed by atoms with E-state index in [1.807, 2.05) is 0 Å². The van der Waals surface area contributed by atoms with E-state index in [0.29, 0.717) is 0 Å². The molecule has 0 N–H and O–H groups in total. The van der Waals surface area contributed by atoms with E-state index in [0.717, 1.165) is 0 Å². The molecule has 0 saturated carbocycles. The summed E-state index contributed by atoms with van der Waals surface area (Å²) in [4.78, 5) is 6.45. The molecule has 32 valence electrons. The van der Waals surface area contributed by atoms with Gasteiger partial charge < -0.3 is 4.89 Å². The van der Waals surface area contributed by atoms with Crippen molar-refractivity contribution in [2.75, 3.05) is 0 Å². The van der Waals surface area contributed by atoms with E-state index in [1.165, 1.54) is 0 Å². The number of hydrogen-bond acceptors (Lipinski definition) is 2. The Balaban J connectivity index is 0. The minimum atomic E-state index is -3.11. The van der Waals surface area contributed by atoms with Crippen LogP contribution in [0.1, 0.15) is 0 Å². The molecule has 0 bridgehead atoms. The SMILES string of the molecule is [K+].[O-]P(=S)(Cl)Cl.